The Hall–Kier alpha value is -3.60. The maximum atomic E-state index is 15.4. The molecule has 4 aromatic rings. The van der Waals surface area contributed by atoms with Gasteiger partial charge in [-0.3, -0.25) is 9.20 Å². The summed E-state index contributed by atoms with van der Waals surface area (Å²) in [5.41, 5.74) is 6.07. The molecule has 1 aromatic carbocycles. The van der Waals surface area contributed by atoms with Gasteiger partial charge in [0.25, 0.3) is 5.91 Å². The molecule has 7 rings (SSSR count). The van der Waals surface area contributed by atoms with E-state index in [1.54, 1.807) is 28.8 Å². The molecule has 35 heavy (non-hydrogen) atoms. The predicted octanol–water partition coefficient (Wildman–Crippen LogP) is 3.21. The van der Waals surface area contributed by atoms with Crippen LogP contribution in [0.25, 0.3) is 16.8 Å². The van der Waals surface area contributed by atoms with Crippen molar-refractivity contribution in [2.45, 2.75) is 23.9 Å². The van der Waals surface area contributed by atoms with Crippen LogP contribution >= 0.6 is 11.6 Å². The zero-order chi connectivity index (χ0) is 24.4. The van der Waals surface area contributed by atoms with Crippen LogP contribution in [0.2, 0.25) is 5.15 Å². The van der Waals surface area contributed by atoms with Crippen molar-refractivity contribution in [1.29, 1.82) is 0 Å². The molecule has 0 radical (unpaired) electrons. The maximum Gasteiger partial charge on any atom is 0.256 e. The molecular weight excluding hydrogens is 475 g/mol. The SMILES string of the molecule is Nc1ncc(Cl)n2c(C34COC(CO)(C3)C4)nc(-c3ccc(C(=O)Nc4ccccn4)cc3F)c12. The van der Waals surface area contributed by atoms with Gasteiger partial charge in [-0.1, -0.05) is 17.7 Å². The Balaban J connectivity index is 1.43. The second-order valence-electron chi connectivity index (χ2n) is 9.06. The van der Waals surface area contributed by atoms with Gasteiger partial charge in [0.05, 0.1) is 30.4 Å². The average molecular weight is 495 g/mol. The number of imidazole rings is 1. The number of carbonyl (C=O) groups is 1. The third-order valence-electron chi connectivity index (χ3n) is 6.77. The third kappa shape index (κ3) is 3.28. The van der Waals surface area contributed by atoms with Crippen molar-refractivity contribution in [3.8, 4) is 11.3 Å². The van der Waals surface area contributed by atoms with Gasteiger partial charge in [0.2, 0.25) is 0 Å². The molecule has 1 aliphatic carbocycles. The molecule has 5 heterocycles. The quantitative estimate of drug-likeness (QED) is 0.388. The highest BCUT2D eigenvalue weighted by molar-refractivity contribution is 6.30. The third-order valence-corrected chi connectivity index (χ3v) is 7.04. The number of ether oxygens (including phenoxy) is 1. The molecule has 9 nitrogen and oxygen atoms in total. The number of nitrogens with one attached hydrogen (secondary N) is 1. The van der Waals surface area contributed by atoms with E-state index in [2.05, 4.69) is 15.3 Å². The maximum absolute atomic E-state index is 15.4. The van der Waals surface area contributed by atoms with Crippen LogP contribution in [0.4, 0.5) is 16.0 Å². The lowest BCUT2D eigenvalue weighted by Crippen LogP contribution is -2.50. The number of hydrogen-bond acceptors (Lipinski definition) is 7. The van der Waals surface area contributed by atoms with E-state index >= 15 is 4.39 Å². The van der Waals surface area contributed by atoms with Crippen LogP contribution in [-0.2, 0) is 10.2 Å². The molecule has 3 fully saturated rings. The molecule has 3 aliphatic rings. The fourth-order valence-electron chi connectivity index (χ4n) is 5.18. The Morgan fingerprint density at radius 3 is 2.80 bits per heavy atom. The van der Waals surface area contributed by atoms with E-state index in [0.29, 0.717) is 36.6 Å². The summed E-state index contributed by atoms with van der Waals surface area (Å²) in [7, 11) is 0. The number of aliphatic hydroxyl groups excluding tert-OH is 1. The van der Waals surface area contributed by atoms with Gasteiger partial charge in [-0.05, 0) is 43.2 Å². The van der Waals surface area contributed by atoms with E-state index in [-0.39, 0.29) is 34.4 Å². The van der Waals surface area contributed by atoms with Crippen molar-refractivity contribution >= 4 is 34.7 Å². The highest BCUT2D eigenvalue weighted by Gasteiger charge is 2.65. The molecule has 178 valence electrons. The Morgan fingerprint density at radius 1 is 1.29 bits per heavy atom. The first-order valence-corrected chi connectivity index (χ1v) is 11.3. The topological polar surface area (TPSA) is 128 Å². The predicted molar refractivity (Wildman–Crippen MR) is 127 cm³/mol. The molecule has 0 spiro atoms. The van der Waals surface area contributed by atoms with E-state index in [4.69, 9.17) is 27.1 Å². The average Bonchev–Trinajstić information content (AvgIpc) is 3.53. The summed E-state index contributed by atoms with van der Waals surface area (Å²) in [6.07, 6.45) is 4.11. The second-order valence-corrected chi connectivity index (χ2v) is 9.45. The van der Waals surface area contributed by atoms with Gasteiger partial charge < -0.3 is 20.9 Å². The number of hydrogen-bond donors (Lipinski definition) is 3. The number of nitrogens with zero attached hydrogens (tertiary/aromatic N) is 4. The van der Waals surface area contributed by atoms with Crippen LogP contribution < -0.4 is 11.1 Å². The lowest BCUT2D eigenvalue weighted by Gasteiger charge is -2.42. The lowest BCUT2D eigenvalue weighted by molar-refractivity contribution is -0.0486. The first-order valence-electron chi connectivity index (χ1n) is 10.9. The number of anilines is 2. The number of halogens is 2. The monoisotopic (exact) mass is 494 g/mol. The first-order chi connectivity index (χ1) is 16.8. The minimum atomic E-state index is -0.650. The normalized spacial score (nSPS) is 22.8. The summed E-state index contributed by atoms with van der Waals surface area (Å²) in [4.78, 5) is 25.6. The molecular formula is C24H20ClFN6O3. The molecule has 2 saturated heterocycles. The summed E-state index contributed by atoms with van der Waals surface area (Å²) in [6.45, 7) is 0.277. The van der Waals surface area contributed by atoms with Crippen molar-refractivity contribution in [2.24, 2.45) is 0 Å². The molecule has 0 unspecified atom stereocenters. The molecule has 3 aromatic heterocycles. The molecule has 2 aliphatic heterocycles. The van der Waals surface area contributed by atoms with Gasteiger partial charge in [0.1, 0.15) is 39.6 Å². The number of fused-ring (bicyclic) bond motifs is 2. The smallest absolute Gasteiger partial charge is 0.256 e. The van der Waals surface area contributed by atoms with Gasteiger partial charge in [-0.15, -0.1) is 0 Å². The van der Waals surface area contributed by atoms with Crippen molar-refractivity contribution < 1.29 is 19.0 Å². The van der Waals surface area contributed by atoms with Crippen molar-refractivity contribution in [3.05, 3.63) is 71.2 Å². The summed E-state index contributed by atoms with van der Waals surface area (Å²) in [5.74, 6) is -0.0616. The zero-order valence-electron chi connectivity index (χ0n) is 18.3. The van der Waals surface area contributed by atoms with Crippen molar-refractivity contribution in [3.63, 3.8) is 0 Å². The van der Waals surface area contributed by atoms with E-state index in [9.17, 15) is 9.90 Å². The Morgan fingerprint density at radius 2 is 2.11 bits per heavy atom. The minimum absolute atomic E-state index is 0.0843. The van der Waals surface area contributed by atoms with Gasteiger partial charge in [0.15, 0.2) is 0 Å². The van der Waals surface area contributed by atoms with Crippen LogP contribution in [0.3, 0.4) is 0 Å². The van der Waals surface area contributed by atoms with Crippen LogP contribution in [0, 0.1) is 5.82 Å². The Labute approximate surface area is 203 Å². The van der Waals surface area contributed by atoms with Crippen LogP contribution in [0.15, 0.2) is 48.8 Å². The number of aliphatic hydroxyl groups is 1. The summed E-state index contributed by atoms with van der Waals surface area (Å²) >= 11 is 6.51. The fraction of sp³-hybridized carbons (Fsp3) is 0.250. The first kappa shape index (κ1) is 21.9. The molecule has 1 saturated carbocycles. The number of rotatable bonds is 5. The number of aromatic nitrogens is 4. The fourth-order valence-corrected chi connectivity index (χ4v) is 5.39. The standard InChI is InChI=1S/C24H20ClFN6O3/c25-16-8-29-20(27)19-18(31-22(32(16)19)23-9-24(10-23,11-33)35-12-23)14-5-4-13(7-15(14)26)21(34)30-17-3-1-2-6-28-17/h1-8,33H,9-12H2,(H2,27,29)(H,28,30,34). The molecule has 2 bridgehead atoms. The number of nitrogens with two attached hydrogens (primary N) is 1. The number of pyridine rings is 1. The highest BCUT2D eigenvalue weighted by Crippen LogP contribution is 2.59. The van der Waals surface area contributed by atoms with Gasteiger partial charge in [-0.2, -0.15) is 0 Å². The van der Waals surface area contributed by atoms with E-state index < -0.39 is 22.7 Å². The Bertz CT molecular complexity index is 1490. The molecule has 4 N–H and O–H groups in total. The van der Waals surface area contributed by atoms with Crippen molar-refractivity contribution in [1.82, 2.24) is 19.4 Å². The van der Waals surface area contributed by atoms with Crippen LogP contribution in [0.1, 0.15) is 29.0 Å². The largest absolute Gasteiger partial charge is 0.393 e. The number of amides is 1. The molecule has 11 heteroatoms. The number of nitrogen functional groups attached to an aromatic ring is 1. The summed E-state index contributed by atoms with van der Waals surface area (Å²) in [6, 6.07) is 9.23. The zero-order valence-corrected chi connectivity index (χ0v) is 19.1. The summed E-state index contributed by atoms with van der Waals surface area (Å²) in [5, 5.41) is 12.6. The minimum Gasteiger partial charge on any atom is -0.393 e. The lowest BCUT2D eigenvalue weighted by atomic mass is 9.62. The number of benzene rings is 1. The second kappa shape index (κ2) is 7.70. The van der Waals surface area contributed by atoms with Gasteiger partial charge >= 0.3 is 0 Å². The van der Waals surface area contributed by atoms with E-state index in [1.165, 1.54) is 18.3 Å². The Kier molecular flexibility index (Phi) is 4.82. The van der Waals surface area contributed by atoms with Gasteiger partial charge in [0, 0.05) is 17.3 Å². The van der Waals surface area contributed by atoms with E-state index in [0.717, 1.165) is 6.07 Å². The molecule has 1 amide bonds. The van der Waals surface area contributed by atoms with Crippen molar-refractivity contribution in [2.75, 3.05) is 24.3 Å². The summed E-state index contributed by atoms with van der Waals surface area (Å²) < 4.78 is 22.9. The van der Waals surface area contributed by atoms with Crippen LogP contribution in [-0.4, -0.2) is 49.2 Å². The van der Waals surface area contributed by atoms with E-state index in [1.807, 2.05) is 0 Å². The highest BCUT2D eigenvalue weighted by atomic mass is 35.5. The molecule has 0 atom stereocenters. The van der Waals surface area contributed by atoms with Gasteiger partial charge in [-0.25, -0.2) is 19.3 Å². The number of carbonyl (C=O) groups excluding carboxylic acids is 1. The van der Waals surface area contributed by atoms with Crippen LogP contribution in [0.5, 0.6) is 0 Å².